The van der Waals surface area contributed by atoms with Crippen LogP contribution in [0.25, 0.3) is 0 Å². The van der Waals surface area contributed by atoms with Crippen LogP contribution in [0.5, 0.6) is 0 Å². The van der Waals surface area contributed by atoms with E-state index in [1.807, 2.05) is 0 Å². The van der Waals surface area contributed by atoms with E-state index in [1.54, 1.807) is 5.57 Å². The average Bonchev–Trinajstić information content (AvgIpc) is 2.34. The molecule has 0 aromatic carbocycles. The molecule has 2 rings (SSSR count). The molecule has 60 valence electrons. The lowest BCUT2D eigenvalue weighted by Crippen LogP contribution is -2.14. The Hall–Kier alpha value is -0.520. The largest absolute Gasteiger partial charge is 0.0958 e. The summed E-state index contributed by atoms with van der Waals surface area (Å²) in [5.74, 6) is 1.87. The maximum Gasteiger partial charge on any atom is -0.0171 e. The van der Waals surface area contributed by atoms with Crippen LogP contribution in [-0.2, 0) is 0 Å². The highest BCUT2D eigenvalue weighted by molar-refractivity contribution is 5.27. The smallest absolute Gasteiger partial charge is 0.0171 e. The molecule has 0 nitrogen and oxygen atoms in total. The van der Waals surface area contributed by atoms with Crippen molar-refractivity contribution < 1.29 is 0 Å². The summed E-state index contributed by atoms with van der Waals surface area (Å²) in [6.45, 7) is 6.32. The Labute approximate surface area is 69.0 Å². The minimum Gasteiger partial charge on any atom is -0.0958 e. The molecule has 0 saturated heterocycles. The summed E-state index contributed by atoms with van der Waals surface area (Å²) in [4.78, 5) is 0. The molecule has 1 fully saturated rings. The van der Waals surface area contributed by atoms with E-state index in [4.69, 9.17) is 0 Å². The van der Waals surface area contributed by atoms with E-state index < -0.39 is 0 Å². The van der Waals surface area contributed by atoms with Crippen LogP contribution in [0, 0.1) is 11.8 Å². The number of hydrogen-bond acceptors (Lipinski definition) is 0. The minimum absolute atomic E-state index is 0.917. The van der Waals surface area contributed by atoms with Crippen molar-refractivity contribution >= 4 is 0 Å². The van der Waals surface area contributed by atoms with Gasteiger partial charge in [-0.3, -0.25) is 0 Å². The Kier molecular flexibility index (Phi) is 1.63. The molecular weight excluding hydrogens is 132 g/mol. The standard InChI is InChI=1S/C11H16/c1-8-6-9(2)11-5-3-4-10(11)7-8/h6,10-11H,1,3-5,7H2,2H3. The molecule has 0 heterocycles. The minimum atomic E-state index is 0.917. The summed E-state index contributed by atoms with van der Waals surface area (Å²) in [6, 6.07) is 0. The summed E-state index contributed by atoms with van der Waals surface area (Å²) in [7, 11) is 0. The van der Waals surface area contributed by atoms with E-state index in [2.05, 4.69) is 19.6 Å². The van der Waals surface area contributed by atoms with Gasteiger partial charge in [0.1, 0.15) is 0 Å². The Bertz CT molecular complexity index is 210. The van der Waals surface area contributed by atoms with E-state index >= 15 is 0 Å². The zero-order valence-electron chi connectivity index (χ0n) is 7.27. The highest BCUT2D eigenvalue weighted by atomic mass is 14.4. The van der Waals surface area contributed by atoms with Gasteiger partial charge in [0.15, 0.2) is 0 Å². The number of allylic oxidation sites excluding steroid dienone is 3. The summed E-state index contributed by atoms with van der Waals surface area (Å²) >= 11 is 0. The van der Waals surface area contributed by atoms with Gasteiger partial charge in [0.2, 0.25) is 0 Å². The average molecular weight is 148 g/mol. The Morgan fingerprint density at radius 3 is 3.09 bits per heavy atom. The van der Waals surface area contributed by atoms with E-state index in [-0.39, 0.29) is 0 Å². The van der Waals surface area contributed by atoms with Crippen molar-refractivity contribution in [2.24, 2.45) is 11.8 Å². The summed E-state index contributed by atoms with van der Waals surface area (Å²) < 4.78 is 0. The van der Waals surface area contributed by atoms with Crippen LogP contribution in [-0.4, -0.2) is 0 Å². The quantitative estimate of drug-likeness (QED) is 0.494. The topological polar surface area (TPSA) is 0 Å². The van der Waals surface area contributed by atoms with Crippen molar-refractivity contribution in [1.82, 2.24) is 0 Å². The predicted molar refractivity (Wildman–Crippen MR) is 48.3 cm³/mol. The molecule has 11 heavy (non-hydrogen) atoms. The van der Waals surface area contributed by atoms with Crippen molar-refractivity contribution in [3.8, 4) is 0 Å². The first kappa shape index (κ1) is 7.15. The molecule has 2 unspecified atom stereocenters. The van der Waals surface area contributed by atoms with Crippen LogP contribution in [0.15, 0.2) is 23.8 Å². The summed E-state index contributed by atoms with van der Waals surface area (Å²) in [6.07, 6.45) is 7.87. The van der Waals surface area contributed by atoms with Gasteiger partial charge in [-0.25, -0.2) is 0 Å². The molecule has 0 radical (unpaired) electrons. The zero-order chi connectivity index (χ0) is 7.84. The van der Waals surface area contributed by atoms with Crippen LogP contribution in [0.3, 0.4) is 0 Å². The van der Waals surface area contributed by atoms with Crippen molar-refractivity contribution in [2.45, 2.75) is 32.6 Å². The van der Waals surface area contributed by atoms with E-state index in [0.29, 0.717) is 0 Å². The molecule has 2 aliphatic carbocycles. The van der Waals surface area contributed by atoms with Crippen molar-refractivity contribution in [3.63, 3.8) is 0 Å². The highest BCUT2D eigenvalue weighted by Crippen LogP contribution is 2.43. The summed E-state index contributed by atoms with van der Waals surface area (Å²) in [5, 5.41) is 0. The van der Waals surface area contributed by atoms with Crippen LogP contribution >= 0.6 is 0 Å². The SMILES string of the molecule is C=C1C=C(C)C2CCCC2C1. The third-order valence-electron chi connectivity index (χ3n) is 3.20. The maximum absolute atomic E-state index is 4.05. The zero-order valence-corrected chi connectivity index (χ0v) is 7.27. The predicted octanol–water partition coefficient (Wildman–Crippen LogP) is 3.31. The van der Waals surface area contributed by atoms with Gasteiger partial charge in [0.05, 0.1) is 0 Å². The lowest BCUT2D eigenvalue weighted by molar-refractivity contribution is 0.425. The van der Waals surface area contributed by atoms with Gasteiger partial charge in [-0.2, -0.15) is 0 Å². The Morgan fingerprint density at radius 1 is 1.45 bits per heavy atom. The van der Waals surface area contributed by atoms with Gasteiger partial charge in [-0.1, -0.05) is 30.2 Å². The molecule has 0 amide bonds. The molecule has 0 aromatic rings. The van der Waals surface area contributed by atoms with Crippen LogP contribution < -0.4 is 0 Å². The van der Waals surface area contributed by atoms with Crippen molar-refractivity contribution in [2.75, 3.05) is 0 Å². The molecule has 2 atom stereocenters. The van der Waals surface area contributed by atoms with Gasteiger partial charge in [-0.05, 0) is 38.0 Å². The molecular formula is C11H16. The van der Waals surface area contributed by atoms with Crippen molar-refractivity contribution in [1.29, 1.82) is 0 Å². The molecule has 0 heteroatoms. The van der Waals surface area contributed by atoms with Gasteiger partial charge in [-0.15, -0.1) is 0 Å². The number of hydrogen-bond donors (Lipinski definition) is 0. The Morgan fingerprint density at radius 2 is 2.27 bits per heavy atom. The number of rotatable bonds is 0. The summed E-state index contributed by atoms with van der Waals surface area (Å²) in [5.41, 5.74) is 2.94. The van der Waals surface area contributed by atoms with Gasteiger partial charge in [0, 0.05) is 0 Å². The molecule has 0 bridgehead atoms. The first-order valence-corrected chi connectivity index (χ1v) is 4.63. The highest BCUT2D eigenvalue weighted by Gasteiger charge is 2.30. The van der Waals surface area contributed by atoms with Crippen LogP contribution in [0.4, 0.5) is 0 Å². The van der Waals surface area contributed by atoms with Gasteiger partial charge >= 0.3 is 0 Å². The Balaban J connectivity index is 2.25. The fraction of sp³-hybridized carbons (Fsp3) is 0.636. The molecule has 1 saturated carbocycles. The monoisotopic (exact) mass is 148 g/mol. The fourth-order valence-electron chi connectivity index (χ4n) is 2.71. The lowest BCUT2D eigenvalue weighted by atomic mass is 9.80. The third-order valence-corrected chi connectivity index (χ3v) is 3.20. The normalized spacial score (nSPS) is 36.8. The van der Waals surface area contributed by atoms with Crippen molar-refractivity contribution in [3.05, 3.63) is 23.8 Å². The second-order valence-electron chi connectivity index (χ2n) is 4.05. The van der Waals surface area contributed by atoms with E-state index in [9.17, 15) is 0 Å². The first-order chi connectivity index (χ1) is 5.27. The van der Waals surface area contributed by atoms with Gasteiger partial charge in [0.25, 0.3) is 0 Å². The molecule has 0 aromatic heterocycles. The second kappa shape index (κ2) is 2.51. The van der Waals surface area contributed by atoms with Gasteiger partial charge < -0.3 is 0 Å². The van der Waals surface area contributed by atoms with E-state index in [1.165, 1.54) is 31.3 Å². The first-order valence-electron chi connectivity index (χ1n) is 4.63. The maximum atomic E-state index is 4.05. The lowest BCUT2D eigenvalue weighted by Gasteiger charge is -2.25. The van der Waals surface area contributed by atoms with Crippen LogP contribution in [0.1, 0.15) is 32.6 Å². The third kappa shape index (κ3) is 1.15. The molecule has 0 aliphatic heterocycles. The van der Waals surface area contributed by atoms with Crippen LogP contribution in [0.2, 0.25) is 0 Å². The molecule has 2 aliphatic rings. The molecule has 0 spiro atoms. The fourth-order valence-corrected chi connectivity index (χ4v) is 2.71. The second-order valence-corrected chi connectivity index (χ2v) is 4.05. The molecule has 0 N–H and O–H groups in total. The van der Waals surface area contributed by atoms with E-state index in [0.717, 1.165) is 11.8 Å². The number of fused-ring (bicyclic) bond motifs is 1.